The van der Waals surface area contributed by atoms with Crippen LogP contribution in [0.1, 0.15) is 0 Å². The summed E-state index contributed by atoms with van der Waals surface area (Å²) in [7, 11) is 1.61. The Balaban J connectivity index is 2.29. The smallest absolute Gasteiger partial charge is 0.230 e. The molecule has 0 atom stereocenters. The van der Waals surface area contributed by atoms with E-state index in [4.69, 9.17) is 0 Å². The van der Waals surface area contributed by atoms with Gasteiger partial charge >= 0.3 is 0 Å². The molecule has 0 radical (unpaired) electrons. The molecule has 0 unspecified atom stereocenters. The van der Waals surface area contributed by atoms with Gasteiger partial charge in [-0.25, -0.2) is 0 Å². The van der Waals surface area contributed by atoms with Gasteiger partial charge in [0.2, 0.25) is 5.91 Å². The number of nitrogens with one attached hydrogen (secondary N) is 1. The third-order valence-electron chi connectivity index (χ3n) is 0.946. The molecule has 0 saturated carbocycles. The first-order valence-electron chi connectivity index (χ1n) is 2.92. The van der Waals surface area contributed by atoms with Gasteiger partial charge in [0.05, 0.1) is 5.75 Å². The summed E-state index contributed by atoms with van der Waals surface area (Å²) in [5, 5.41) is 9.94. The Labute approximate surface area is 72.4 Å². The number of carbonyl (C=O) groups is 1. The lowest BCUT2D eigenvalue weighted by Crippen LogP contribution is -2.19. The van der Waals surface area contributed by atoms with Crippen molar-refractivity contribution in [3.8, 4) is 0 Å². The van der Waals surface area contributed by atoms with Crippen LogP contribution in [0.2, 0.25) is 0 Å². The van der Waals surface area contributed by atoms with Gasteiger partial charge in [0, 0.05) is 7.05 Å². The maximum atomic E-state index is 10.7. The molecule has 60 valence electrons. The van der Waals surface area contributed by atoms with Gasteiger partial charge in [-0.2, -0.15) is 0 Å². The number of hydrogen-bond acceptors (Lipinski definition) is 5. The van der Waals surface area contributed by atoms with Crippen molar-refractivity contribution in [3.63, 3.8) is 0 Å². The molecule has 1 rings (SSSR count). The summed E-state index contributed by atoms with van der Waals surface area (Å²) in [4.78, 5) is 10.7. The minimum atomic E-state index is 0.00481. The van der Waals surface area contributed by atoms with Crippen LogP contribution >= 0.6 is 23.1 Å². The Kier molecular flexibility index (Phi) is 3.31. The summed E-state index contributed by atoms with van der Waals surface area (Å²) in [6.45, 7) is 0. The molecular weight excluding hydrogens is 182 g/mol. The molecule has 1 aromatic heterocycles. The fraction of sp³-hybridized carbons (Fsp3) is 0.400. The highest BCUT2D eigenvalue weighted by Crippen LogP contribution is 2.17. The van der Waals surface area contributed by atoms with Crippen LogP contribution in [0.3, 0.4) is 0 Å². The van der Waals surface area contributed by atoms with Crippen molar-refractivity contribution in [3.05, 3.63) is 5.51 Å². The van der Waals surface area contributed by atoms with Crippen LogP contribution in [0.15, 0.2) is 9.85 Å². The van der Waals surface area contributed by atoms with Crippen LogP contribution in [-0.4, -0.2) is 28.9 Å². The van der Waals surface area contributed by atoms with E-state index in [9.17, 15) is 4.79 Å². The molecule has 0 aliphatic rings. The maximum absolute atomic E-state index is 10.7. The van der Waals surface area contributed by atoms with E-state index in [1.165, 1.54) is 23.1 Å². The van der Waals surface area contributed by atoms with E-state index in [0.29, 0.717) is 5.75 Å². The van der Waals surface area contributed by atoms with E-state index in [0.717, 1.165) is 4.34 Å². The van der Waals surface area contributed by atoms with E-state index < -0.39 is 0 Å². The Morgan fingerprint density at radius 1 is 1.91 bits per heavy atom. The summed E-state index contributed by atoms with van der Waals surface area (Å²) in [6.07, 6.45) is 0. The monoisotopic (exact) mass is 189 g/mol. The molecule has 0 bridgehead atoms. The van der Waals surface area contributed by atoms with Gasteiger partial charge in [-0.05, 0) is 0 Å². The number of aromatic nitrogens is 2. The van der Waals surface area contributed by atoms with Crippen molar-refractivity contribution >= 4 is 29.0 Å². The average Bonchev–Trinajstić information content (AvgIpc) is 2.52. The Morgan fingerprint density at radius 3 is 3.27 bits per heavy atom. The standard InChI is InChI=1S/C5H7N3OS2/c1-6-4(9)2-10-5-8-7-3-11-5/h3H,2H2,1H3,(H,6,9). The molecule has 6 heteroatoms. The second kappa shape index (κ2) is 4.30. The maximum Gasteiger partial charge on any atom is 0.230 e. The van der Waals surface area contributed by atoms with Crippen LogP contribution in [-0.2, 0) is 4.79 Å². The normalized spacial score (nSPS) is 9.55. The number of carbonyl (C=O) groups excluding carboxylic acids is 1. The summed E-state index contributed by atoms with van der Waals surface area (Å²) in [5.41, 5.74) is 1.65. The van der Waals surface area contributed by atoms with E-state index in [1.54, 1.807) is 12.6 Å². The first kappa shape index (κ1) is 8.48. The number of nitrogens with zero attached hydrogens (tertiary/aromatic N) is 2. The van der Waals surface area contributed by atoms with E-state index in [2.05, 4.69) is 15.5 Å². The van der Waals surface area contributed by atoms with Gasteiger partial charge in [0.1, 0.15) is 5.51 Å². The van der Waals surface area contributed by atoms with Gasteiger partial charge in [-0.1, -0.05) is 23.1 Å². The second-order valence-electron chi connectivity index (χ2n) is 1.67. The summed E-state index contributed by atoms with van der Waals surface area (Å²) in [6, 6.07) is 0. The lowest BCUT2D eigenvalue weighted by Gasteiger charge is -1.94. The fourth-order valence-corrected chi connectivity index (χ4v) is 1.79. The second-order valence-corrected chi connectivity index (χ2v) is 3.72. The van der Waals surface area contributed by atoms with E-state index in [-0.39, 0.29) is 5.91 Å². The first-order chi connectivity index (χ1) is 5.33. The zero-order chi connectivity index (χ0) is 8.10. The van der Waals surface area contributed by atoms with E-state index >= 15 is 0 Å². The molecule has 0 aromatic carbocycles. The molecule has 0 aliphatic carbocycles. The topological polar surface area (TPSA) is 54.9 Å². The van der Waals surface area contributed by atoms with Gasteiger partial charge in [-0.15, -0.1) is 10.2 Å². The fourth-order valence-electron chi connectivity index (χ4n) is 0.425. The molecule has 0 spiro atoms. The summed E-state index contributed by atoms with van der Waals surface area (Å²) < 4.78 is 0.827. The molecule has 0 saturated heterocycles. The van der Waals surface area contributed by atoms with Crippen molar-refractivity contribution < 1.29 is 4.79 Å². The Hall–Kier alpha value is -0.620. The Morgan fingerprint density at radius 2 is 2.73 bits per heavy atom. The molecule has 11 heavy (non-hydrogen) atoms. The molecule has 4 nitrogen and oxygen atoms in total. The predicted octanol–water partition coefficient (Wildman–Crippen LogP) is 0.376. The van der Waals surface area contributed by atoms with Crippen LogP contribution in [0.25, 0.3) is 0 Å². The predicted molar refractivity (Wildman–Crippen MR) is 44.7 cm³/mol. The molecule has 1 aromatic rings. The third-order valence-corrected chi connectivity index (χ3v) is 2.81. The molecule has 1 N–H and O–H groups in total. The van der Waals surface area contributed by atoms with Crippen molar-refractivity contribution in [1.82, 2.24) is 15.5 Å². The average molecular weight is 189 g/mol. The van der Waals surface area contributed by atoms with Crippen LogP contribution < -0.4 is 5.32 Å². The van der Waals surface area contributed by atoms with Gasteiger partial charge in [0.25, 0.3) is 0 Å². The van der Waals surface area contributed by atoms with Crippen molar-refractivity contribution in [2.75, 3.05) is 12.8 Å². The lowest BCUT2D eigenvalue weighted by molar-refractivity contribution is -0.118. The third kappa shape index (κ3) is 2.85. The van der Waals surface area contributed by atoms with Gasteiger partial charge < -0.3 is 5.32 Å². The largest absolute Gasteiger partial charge is 0.358 e. The van der Waals surface area contributed by atoms with Crippen molar-refractivity contribution in [2.24, 2.45) is 0 Å². The summed E-state index contributed by atoms with van der Waals surface area (Å²) >= 11 is 2.83. The van der Waals surface area contributed by atoms with Gasteiger partial charge in [0.15, 0.2) is 4.34 Å². The number of thioether (sulfide) groups is 1. The van der Waals surface area contributed by atoms with Crippen molar-refractivity contribution in [1.29, 1.82) is 0 Å². The van der Waals surface area contributed by atoms with Gasteiger partial charge in [-0.3, -0.25) is 4.79 Å². The minimum Gasteiger partial charge on any atom is -0.358 e. The highest BCUT2D eigenvalue weighted by molar-refractivity contribution is 8.01. The van der Waals surface area contributed by atoms with E-state index in [1.807, 2.05) is 0 Å². The molecule has 1 heterocycles. The lowest BCUT2D eigenvalue weighted by atomic mass is 10.7. The van der Waals surface area contributed by atoms with Crippen LogP contribution in [0.5, 0.6) is 0 Å². The molecule has 1 amide bonds. The molecule has 0 fully saturated rings. The highest BCUT2D eigenvalue weighted by atomic mass is 32.2. The first-order valence-corrected chi connectivity index (χ1v) is 4.79. The quantitative estimate of drug-likeness (QED) is 0.698. The summed E-state index contributed by atoms with van der Waals surface area (Å²) in [5.74, 6) is 0.413. The number of hydrogen-bond donors (Lipinski definition) is 1. The van der Waals surface area contributed by atoms with Crippen LogP contribution in [0, 0.1) is 0 Å². The highest BCUT2D eigenvalue weighted by Gasteiger charge is 2.01. The van der Waals surface area contributed by atoms with Crippen LogP contribution in [0.4, 0.5) is 0 Å². The molecular formula is C5H7N3OS2. The molecule has 0 aliphatic heterocycles. The number of amides is 1. The zero-order valence-electron chi connectivity index (χ0n) is 5.90. The number of rotatable bonds is 3. The zero-order valence-corrected chi connectivity index (χ0v) is 7.54. The van der Waals surface area contributed by atoms with Crippen molar-refractivity contribution in [2.45, 2.75) is 4.34 Å². The SMILES string of the molecule is CNC(=O)CSc1nncs1. The Bertz CT molecular complexity index is 224. The minimum absolute atomic E-state index is 0.00481.